The van der Waals surface area contributed by atoms with Crippen LogP contribution in [0.15, 0.2) is 24.3 Å². The zero-order valence-electron chi connectivity index (χ0n) is 19.3. The summed E-state index contributed by atoms with van der Waals surface area (Å²) in [4.78, 5) is 29.0. The van der Waals surface area contributed by atoms with E-state index in [1.807, 2.05) is 49.1 Å². The van der Waals surface area contributed by atoms with Gasteiger partial charge >= 0.3 is 0 Å². The second kappa shape index (κ2) is 5.34. The van der Waals surface area contributed by atoms with Crippen molar-refractivity contribution in [2.45, 2.75) is 63.6 Å². The number of fused-ring (bicyclic) bond motifs is 6. The smallest absolute Gasteiger partial charge is 0.253 e. The lowest BCUT2D eigenvalue weighted by Crippen LogP contribution is -2.83. The number of piperidine rings is 2. The lowest BCUT2D eigenvalue weighted by molar-refractivity contribution is -0.362. The molecule has 0 radical (unpaired) electrons. The maximum absolute atomic E-state index is 13.9. The van der Waals surface area contributed by atoms with Crippen LogP contribution in [0, 0.1) is 16.5 Å². The fourth-order valence-corrected chi connectivity index (χ4v) is 7.43. The van der Waals surface area contributed by atoms with Crippen molar-refractivity contribution >= 4 is 34.9 Å². The van der Waals surface area contributed by atoms with Gasteiger partial charge in [0.05, 0.1) is 22.1 Å². The zero-order chi connectivity index (χ0) is 23.1. The maximum atomic E-state index is 13.9. The highest BCUT2D eigenvalue weighted by Crippen LogP contribution is 2.61. The van der Waals surface area contributed by atoms with E-state index in [9.17, 15) is 14.8 Å². The van der Waals surface area contributed by atoms with E-state index in [-0.39, 0.29) is 17.7 Å². The number of piperazine rings is 1. The highest BCUT2D eigenvalue weighted by Gasteiger charge is 2.74. The van der Waals surface area contributed by atoms with Gasteiger partial charge in [-0.05, 0) is 77.3 Å². The summed E-state index contributed by atoms with van der Waals surface area (Å²) in [7, 11) is 0. The Balaban J connectivity index is 1.49. The normalized spacial score (nSPS) is 35.8. The van der Waals surface area contributed by atoms with Crippen LogP contribution in [0.1, 0.15) is 58.1 Å². The minimum atomic E-state index is -1.11. The van der Waals surface area contributed by atoms with Gasteiger partial charge in [0, 0.05) is 12.5 Å². The number of amides is 2. The molecule has 6 heterocycles. The predicted molar refractivity (Wildman–Crippen MR) is 123 cm³/mol. The molecular weight excluding hydrogens is 418 g/mol. The summed E-state index contributed by atoms with van der Waals surface area (Å²) in [5.74, 6) is 0.424. The number of benzene rings is 1. The van der Waals surface area contributed by atoms with Crippen molar-refractivity contribution in [1.29, 1.82) is 0 Å². The summed E-state index contributed by atoms with van der Waals surface area (Å²) in [5.41, 5.74) is 0.613. The highest BCUT2D eigenvalue weighted by molar-refractivity contribution is 6.30. The Morgan fingerprint density at radius 3 is 2.79 bits per heavy atom. The van der Waals surface area contributed by atoms with E-state index in [0.29, 0.717) is 36.5 Å². The molecule has 4 saturated heterocycles. The van der Waals surface area contributed by atoms with Crippen molar-refractivity contribution in [3.05, 3.63) is 40.6 Å². The Morgan fingerprint density at radius 1 is 1.21 bits per heavy atom. The first kappa shape index (κ1) is 19.4. The quantitative estimate of drug-likeness (QED) is 0.491. The third-order valence-electron chi connectivity index (χ3n) is 8.93. The van der Waals surface area contributed by atoms with Crippen molar-refractivity contribution in [2.75, 3.05) is 6.54 Å². The van der Waals surface area contributed by atoms with Crippen LogP contribution < -0.4 is 10.1 Å². The first-order valence-corrected chi connectivity index (χ1v) is 11.8. The fraction of sp³-hybridized carbons (Fsp3) is 0.500. The molecule has 6 aliphatic heterocycles. The molecule has 7 heteroatoms. The van der Waals surface area contributed by atoms with Gasteiger partial charge in [-0.1, -0.05) is 0 Å². The Bertz CT molecular complexity index is 1300. The molecule has 2 spiro atoms. The molecule has 7 nitrogen and oxygen atoms in total. The molecule has 2 bridgehead atoms. The van der Waals surface area contributed by atoms with Gasteiger partial charge in [0.1, 0.15) is 22.4 Å². The van der Waals surface area contributed by atoms with E-state index >= 15 is 0 Å². The Kier molecular flexibility index (Phi) is 3.14. The molecule has 1 unspecified atom stereocenters. The third kappa shape index (κ3) is 1.98. The molecule has 7 aliphatic rings. The van der Waals surface area contributed by atoms with Gasteiger partial charge in [0.2, 0.25) is 17.3 Å². The van der Waals surface area contributed by atoms with Gasteiger partial charge < -0.3 is 20.2 Å². The molecule has 33 heavy (non-hydrogen) atoms. The number of carbonyl (C=O) groups is 2. The number of hydrogen-bond acceptors (Lipinski definition) is 4. The van der Waals surface area contributed by atoms with E-state index in [1.165, 1.54) is 0 Å². The number of ether oxygens (including phenoxy) is 1. The molecular formula is C26H27N3O4. The number of nitrogens with one attached hydrogen (secondary N) is 1. The molecule has 1 aromatic carbocycles. The van der Waals surface area contributed by atoms with Gasteiger partial charge in [-0.15, -0.1) is 0 Å². The summed E-state index contributed by atoms with van der Waals surface area (Å²) < 4.78 is 7.18. The van der Waals surface area contributed by atoms with Gasteiger partial charge in [0.15, 0.2) is 0 Å². The van der Waals surface area contributed by atoms with Gasteiger partial charge in [-0.25, -0.2) is 0 Å². The molecule has 0 aromatic heterocycles. The standard InChI is InChI=1S/C26H27N3O4/c1-23(2)10-8-15-17(33-23)7-6-14-16-12-26-18(24(3,4)20(16)29(32)19(14)15)13-25(21(30)27-26)9-5-11-28(25)22(26)31/h6-8,10,12,18H,5,9,11,13H2,1-4H3,(H,27,30)/t18?,25-,26-/m0/s1. The van der Waals surface area contributed by atoms with Crippen LogP contribution in [0.4, 0.5) is 5.69 Å². The van der Waals surface area contributed by atoms with Crippen LogP contribution in [0.3, 0.4) is 0 Å². The van der Waals surface area contributed by atoms with Crippen molar-refractivity contribution in [2.24, 2.45) is 11.3 Å². The van der Waals surface area contributed by atoms with Crippen LogP contribution in [0.2, 0.25) is 0 Å². The summed E-state index contributed by atoms with van der Waals surface area (Å²) in [6, 6.07) is 3.82. The minimum Gasteiger partial charge on any atom is -0.618 e. The lowest BCUT2D eigenvalue weighted by Gasteiger charge is -2.62. The topological polar surface area (TPSA) is 84.7 Å². The lowest BCUT2D eigenvalue weighted by atomic mass is 9.51. The summed E-state index contributed by atoms with van der Waals surface area (Å²) >= 11 is 0. The third-order valence-corrected chi connectivity index (χ3v) is 8.93. The van der Waals surface area contributed by atoms with Gasteiger partial charge in [0.25, 0.3) is 5.91 Å². The minimum absolute atomic E-state index is 0.0238. The molecule has 170 valence electrons. The number of hydrogen-bond donors (Lipinski definition) is 1. The molecule has 1 aliphatic carbocycles. The maximum Gasteiger partial charge on any atom is 0.253 e. The van der Waals surface area contributed by atoms with Crippen LogP contribution >= 0.6 is 0 Å². The van der Waals surface area contributed by atoms with Crippen LogP contribution in [-0.4, -0.2) is 50.4 Å². The summed E-state index contributed by atoms with van der Waals surface area (Å²) in [5, 5.41) is 17.0. The Morgan fingerprint density at radius 2 is 2.00 bits per heavy atom. The van der Waals surface area contributed by atoms with E-state index in [4.69, 9.17) is 4.74 Å². The molecule has 1 aromatic rings. The second-order valence-electron chi connectivity index (χ2n) is 11.5. The molecule has 3 atom stereocenters. The summed E-state index contributed by atoms with van der Waals surface area (Å²) in [6.07, 6.45) is 7.93. The SMILES string of the molecule is CC1(C)C=Cc2c(ccc3c2[N+]([O-])=C2C3=C[C@@]34NC(=O)[C@]5(CCCN5C3=O)CC4C2(C)C)O1. The molecule has 4 fully saturated rings. The Labute approximate surface area is 192 Å². The molecule has 1 N–H and O–H groups in total. The van der Waals surface area contributed by atoms with E-state index in [0.717, 1.165) is 27.9 Å². The molecule has 2 amide bonds. The molecule has 8 rings (SSSR count). The first-order valence-electron chi connectivity index (χ1n) is 11.8. The summed E-state index contributed by atoms with van der Waals surface area (Å²) in [6.45, 7) is 8.69. The van der Waals surface area contributed by atoms with Gasteiger partial charge in [-0.3, -0.25) is 9.59 Å². The van der Waals surface area contributed by atoms with Crippen LogP contribution in [0.25, 0.3) is 11.6 Å². The van der Waals surface area contributed by atoms with Crippen molar-refractivity contribution in [1.82, 2.24) is 10.2 Å². The number of carbonyl (C=O) groups excluding carboxylic acids is 2. The van der Waals surface area contributed by atoms with Crippen molar-refractivity contribution in [3.8, 4) is 5.75 Å². The van der Waals surface area contributed by atoms with Crippen molar-refractivity contribution < 1.29 is 19.1 Å². The van der Waals surface area contributed by atoms with Crippen LogP contribution in [0.5, 0.6) is 5.75 Å². The monoisotopic (exact) mass is 445 g/mol. The number of allylic oxidation sites excluding steroid dienone is 1. The zero-order valence-corrected chi connectivity index (χ0v) is 19.3. The van der Waals surface area contributed by atoms with Crippen LogP contribution in [-0.2, 0) is 9.59 Å². The number of rotatable bonds is 0. The van der Waals surface area contributed by atoms with E-state index < -0.39 is 22.1 Å². The average molecular weight is 446 g/mol. The Hall–Kier alpha value is -3.09. The fourth-order valence-electron chi connectivity index (χ4n) is 7.43. The van der Waals surface area contributed by atoms with E-state index in [2.05, 4.69) is 19.2 Å². The van der Waals surface area contributed by atoms with E-state index in [1.54, 1.807) is 0 Å². The first-order chi connectivity index (χ1) is 15.5. The highest BCUT2D eigenvalue weighted by atomic mass is 16.5. The predicted octanol–water partition coefficient (Wildman–Crippen LogP) is 3.14. The second-order valence-corrected chi connectivity index (χ2v) is 11.5. The van der Waals surface area contributed by atoms with Crippen molar-refractivity contribution in [3.63, 3.8) is 0 Å². The number of nitrogens with zero attached hydrogens (tertiary/aromatic N) is 2. The molecule has 0 saturated carbocycles. The largest absolute Gasteiger partial charge is 0.618 e. The van der Waals surface area contributed by atoms with Gasteiger partial charge in [-0.2, -0.15) is 4.74 Å². The average Bonchev–Trinajstić information content (AvgIpc) is 3.29.